The van der Waals surface area contributed by atoms with Crippen molar-refractivity contribution in [3.05, 3.63) is 106 Å². The summed E-state index contributed by atoms with van der Waals surface area (Å²) in [5.74, 6) is -0.598. The lowest BCUT2D eigenvalue weighted by Crippen LogP contribution is -2.18. The number of hydrogen-bond donors (Lipinski definition) is 1. The van der Waals surface area contributed by atoms with Crippen molar-refractivity contribution in [1.29, 1.82) is 0 Å². The lowest BCUT2D eigenvalue weighted by Gasteiger charge is -2.20. The highest BCUT2D eigenvalue weighted by Crippen LogP contribution is 2.35. The van der Waals surface area contributed by atoms with E-state index in [9.17, 15) is 26.4 Å². The van der Waals surface area contributed by atoms with E-state index in [0.717, 1.165) is 21.7 Å². The van der Waals surface area contributed by atoms with Gasteiger partial charge in [-0.15, -0.1) is 5.10 Å². The molecule has 7 nitrogen and oxygen atoms in total. The van der Waals surface area contributed by atoms with Gasteiger partial charge in [-0.25, -0.2) is 22.3 Å². The Morgan fingerprint density at radius 3 is 2.26 bits per heavy atom. The van der Waals surface area contributed by atoms with Gasteiger partial charge >= 0.3 is 11.9 Å². The molecule has 202 valence electrons. The molecule has 0 aliphatic heterocycles. The van der Waals surface area contributed by atoms with Crippen LogP contribution in [0.25, 0.3) is 22.4 Å². The van der Waals surface area contributed by atoms with E-state index in [1.54, 1.807) is 36.4 Å². The molecule has 2 aromatic heterocycles. The summed E-state index contributed by atoms with van der Waals surface area (Å²) in [4.78, 5) is 11.3. The first-order chi connectivity index (χ1) is 18.2. The number of halogens is 3. The van der Waals surface area contributed by atoms with Gasteiger partial charge in [0.25, 0.3) is 10.0 Å². The second-order valence-corrected chi connectivity index (χ2v) is 12.0. The average molecular weight is 556 g/mol. The van der Waals surface area contributed by atoms with E-state index < -0.39 is 27.5 Å². The molecule has 5 rings (SSSR count). The van der Waals surface area contributed by atoms with Crippen LogP contribution in [-0.2, 0) is 28.0 Å². The maximum Gasteiger partial charge on any atom is 0.434 e. The molecule has 11 heteroatoms. The molecule has 0 unspecified atom stereocenters. The van der Waals surface area contributed by atoms with Crippen molar-refractivity contribution >= 4 is 20.9 Å². The lowest BCUT2D eigenvalue weighted by molar-refractivity contribution is -0.137. The van der Waals surface area contributed by atoms with E-state index in [0.29, 0.717) is 16.8 Å². The van der Waals surface area contributed by atoms with Crippen LogP contribution in [0.5, 0.6) is 0 Å². The highest BCUT2D eigenvalue weighted by molar-refractivity contribution is 7.90. The second kappa shape index (κ2) is 9.26. The van der Waals surface area contributed by atoms with Crippen molar-refractivity contribution in [2.75, 3.05) is 0 Å². The van der Waals surface area contributed by atoms with Crippen molar-refractivity contribution < 1.29 is 26.0 Å². The zero-order valence-electron chi connectivity index (χ0n) is 21.2. The van der Waals surface area contributed by atoms with Crippen LogP contribution in [0.2, 0.25) is 0 Å². The summed E-state index contributed by atoms with van der Waals surface area (Å²) in [6, 6.07) is 17.8. The van der Waals surface area contributed by atoms with Crippen molar-refractivity contribution in [1.82, 2.24) is 14.2 Å². The molecule has 0 aliphatic rings. The monoisotopic (exact) mass is 555 g/mol. The molecule has 0 saturated heterocycles. The third-order valence-electron chi connectivity index (χ3n) is 6.42. The van der Waals surface area contributed by atoms with Gasteiger partial charge in [0.15, 0.2) is 0 Å². The fraction of sp³-hybridized carbons (Fsp3) is 0.214. The summed E-state index contributed by atoms with van der Waals surface area (Å²) < 4.78 is 74.4. The van der Waals surface area contributed by atoms with Crippen LogP contribution in [0.4, 0.5) is 13.2 Å². The standard InChI is InChI=1S/C28H24F3N3O4S/c1-27(2,3)20-5-4-6-23(16-20)39(36,37)34-22(15-19-14-21(28(29,30)31)11-12-24(19)34)13-17-7-9-18(10-8-17)25-32-33-26(35)38-25/h4-12,14-16H,13H2,1-3H3,(H,33,35). The topological polar surface area (TPSA) is 98.0 Å². The number of rotatable bonds is 5. The fourth-order valence-electron chi connectivity index (χ4n) is 4.39. The zero-order valence-corrected chi connectivity index (χ0v) is 22.0. The molecule has 3 aromatic carbocycles. The van der Waals surface area contributed by atoms with Crippen LogP contribution in [0.3, 0.4) is 0 Å². The van der Waals surface area contributed by atoms with Gasteiger partial charge in [-0.05, 0) is 65.1 Å². The molecular weight excluding hydrogens is 531 g/mol. The van der Waals surface area contributed by atoms with Gasteiger partial charge in [0, 0.05) is 23.1 Å². The molecule has 0 radical (unpaired) electrons. The van der Waals surface area contributed by atoms with Gasteiger partial charge in [0.05, 0.1) is 16.0 Å². The Kier molecular flexibility index (Phi) is 6.29. The number of fused-ring (bicyclic) bond motifs is 1. The van der Waals surface area contributed by atoms with Crippen molar-refractivity contribution in [2.24, 2.45) is 0 Å². The Balaban J connectivity index is 1.64. The summed E-state index contributed by atoms with van der Waals surface area (Å²) in [5, 5.41) is 6.12. The number of alkyl halides is 3. The molecule has 0 spiro atoms. The number of nitrogens with zero attached hydrogens (tertiary/aromatic N) is 2. The van der Waals surface area contributed by atoms with Gasteiger partial charge in [-0.3, -0.25) is 0 Å². The molecule has 39 heavy (non-hydrogen) atoms. The van der Waals surface area contributed by atoms with E-state index in [1.165, 1.54) is 18.2 Å². The van der Waals surface area contributed by atoms with Crippen LogP contribution < -0.4 is 5.76 Å². The second-order valence-electron chi connectivity index (χ2n) is 10.2. The molecule has 0 fully saturated rings. The Morgan fingerprint density at radius 2 is 1.64 bits per heavy atom. The van der Waals surface area contributed by atoms with Gasteiger partial charge < -0.3 is 4.42 Å². The molecule has 0 amide bonds. The first kappa shape index (κ1) is 26.5. The number of H-pyrrole nitrogens is 1. The summed E-state index contributed by atoms with van der Waals surface area (Å²) >= 11 is 0. The van der Waals surface area contributed by atoms with E-state index >= 15 is 0 Å². The minimum Gasteiger partial charge on any atom is -0.388 e. The van der Waals surface area contributed by atoms with Crippen LogP contribution in [0.1, 0.15) is 43.2 Å². The predicted molar refractivity (Wildman–Crippen MR) is 140 cm³/mol. The molecule has 0 atom stereocenters. The number of aromatic nitrogens is 3. The first-order valence-electron chi connectivity index (χ1n) is 12.0. The van der Waals surface area contributed by atoms with E-state index in [2.05, 4.69) is 10.2 Å². The Bertz CT molecular complexity index is 1840. The minimum atomic E-state index is -4.58. The molecule has 1 N–H and O–H groups in total. The smallest absolute Gasteiger partial charge is 0.388 e. The van der Waals surface area contributed by atoms with Crippen molar-refractivity contribution in [3.8, 4) is 11.5 Å². The fourth-order valence-corrected chi connectivity index (χ4v) is 5.98. The average Bonchev–Trinajstić information content (AvgIpc) is 3.46. The number of benzene rings is 3. The first-order valence-corrected chi connectivity index (χ1v) is 13.4. The quantitative estimate of drug-likeness (QED) is 0.281. The maximum absolute atomic E-state index is 14.0. The van der Waals surface area contributed by atoms with Crippen molar-refractivity contribution in [2.45, 2.75) is 43.7 Å². The van der Waals surface area contributed by atoms with Crippen molar-refractivity contribution in [3.63, 3.8) is 0 Å². The van der Waals surface area contributed by atoms with E-state index in [4.69, 9.17) is 4.42 Å². The third kappa shape index (κ3) is 5.14. The normalized spacial score (nSPS) is 12.8. The summed E-state index contributed by atoms with van der Waals surface area (Å²) in [5.41, 5.74) is 1.29. The van der Waals surface area contributed by atoms with E-state index in [-0.39, 0.29) is 33.5 Å². The van der Waals surface area contributed by atoms with Gasteiger partial charge in [-0.2, -0.15) is 13.2 Å². The number of nitrogens with one attached hydrogen (secondary N) is 1. The minimum absolute atomic E-state index is 0.0393. The zero-order chi connectivity index (χ0) is 28.2. The van der Waals surface area contributed by atoms with Crippen LogP contribution in [-0.4, -0.2) is 22.6 Å². The Labute approximate surface area is 222 Å². The van der Waals surface area contributed by atoms with Gasteiger partial charge in [0.1, 0.15) is 0 Å². The SMILES string of the molecule is CC(C)(C)c1cccc(S(=O)(=O)n2c(Cc3ccc(-c4n[nH]c(=O)o4)cc3)cc3cc(C(F)(F)F)ccc32)c1. The largest absolute Gasteiger partial charge is 0.434 e. The Hall–Kier alpha value is -4.12. The Morgan fingerprint density at radius 1 is 0.923 bits per heavy atom. The molecular formula is C28H24F3N3O4S. The highest BCUT2D eigenvalue weighted by Gasteiger charge is 2.32. The maximum atomic E-state index is 14.0. The van der Waals surface area contributed by atoms with Crippen LogP contribution in [0, 0.1) is 0 Å². The summed E-state index contributed by atoms with van der Waals surface area (Å²) in [6.45, 7) is 5.89. The summed E-state index contributed by atoms with van der Waals surface area (Å²) in [7, 11) is -4.18. The molecule has 0 aliphatic carbocycles. The molecule has 5 aromatic rings. The number of hydrogen-bond acceptors (Lipinski definition) is 5. The number of aromatic amines is 1. The van der Waals surface area contributed by atoms with E-state index in [1.807, 2.05) is 26.8 Å². The molecule has 2 heterocycles. The highest BCUT2D eigenvalue weighted by atomic mass is 32.2. The third-order valence-corrected chi connectivity index (χ3v) is 8.18. The van der Waals surface area contributed by atoms with Gasteiger partial charge in [0.2, 0.25) is 5.89 Å². The predicted octanol–water partition coefficient (Wildman–Crippen LogP) is 6.13. The molecule has 0 saturated carbocycles. The van der Waals surface area contributed by atoms with Crippen LogP contribution in [0.15, 0.2) is 86.9 Å². The van der Waals surface area contributed by atoms with Crippen LogP contribution >= 0.6 is 0 Å². The lowest BCUT2D eigenvalue weighted by atomic mass is 9.87. The van der Waals surface area contributed by atoms with Gasteiger partial charge in [-0.1, -0.05) is 45.0 Å². The molecule has 0 bridgehead atoms. The summed E-state index contributed by atoms with van der Waals surface area (Å²) in [6.07, 6.45) is -4.47.